The van der Waals surface area contributed by atoms with Crippen molar-refractivity contribution in [3.8, 4) is 0 Å². The SMILES string of the molecule is NC(=O)CC(N)C(=O)NC(CO)C(=O)NC(Cc1c[nH]c2ccccc12)C(=O)O. The van der Waals surface area contributed by atoms with Gasteiger partial charge in [0.05, 0.1) is 19.1 Å². The number of nitrogens with two attached hydrogens (primary N) is 2. The van der Waals surface area contributed by atoms with Crippen LogP contribution in [0.3, 0.4) is 0 Å². The maximum atomic E-state index is 12.4. The van der Waals surface area contributed by atoms with Crippen molar-refractivity contribution < 1.29 is 29.4 Å². The van der Waals surface area contributed by atoms with Crippen molar-refractivity contribution >= 4 is 34.6 Å². The number of hydrogen-bond donors (Lipinski definition) is 7. The predicted octanol–water partition coefficient (Wildman–Crippen LogP) is -2.04. The number of fused-ring (bicyclic) bond motifs is 1. The molecule has 1 heterocycles. The van der Waals surface area contributed by atoms with Gasteiger partial charge in [-0.2, -0.15) is 0 Å². The first-order valence-corrected chi connectivity index (χ1v) is 8.76. The summed E-state index contributed by atoms with van der Waals surface area (Å²) in [5.41, 5.74) is 12.0. The number of rotatable bonds is 10. The standard InChI is InChI=1S/C18H23N5O6/c19-11(6-15(20)25)16(26)23-14(8-24)17(27)22-13(18(28)29)5-9-7-21-12-4-2-1-3-10(9)12/h1-4,7,11,13-14,21,24H,5-6,8,19H2,(H2,20,25)(H,22,27)(H,23,26)(H,28,29). The maximum absolute atomic E-state index is 12.4. The Balaban J connectivity index is 2.06. The predicted molar refractivity (Wildman–Crippen MR) is 102 cm³/mol. The molecule has 29 heavy (non-hydrogen) atoms. The number of para-hydroxylation sites is 1. The van der Waals surface area contributed by atoms with E-state index in [1.807, 2.05) is 18.2 Å². The molecule has 11 nitrogen and oxygen atoms in total. The molecule has 11 heteroatoms. The smallest absolute Gasteiger partial charge is 0.326 e. The molecule has 0 spiro atoms. The summed E-state index contributed by atoms with van der Waals surface area (Å²) in [6, 6.07) is 3.25. The lowest BCUT2D eigenvalue weighted by Crippen LogP contribution is -2.56. The topological polar surface area (TPSA) is 201 Å². The molecule has 2 aromatic rings. The molecule has 0 saturated carbocycles. The fourth-order valence-electron chi connectivity index (χ4n) is 2.78. The normalized spacial score (nSPS) is 14.0. The second-order valence-electron chi connectivity index (χ2n) is 6.48. The monoisotopic (exact) mass is 405 g/mol. The van der Waals surface area contributed by atoms with Gasteiger partial charge in [-0.05, 0) is 11.6 Å². The molecular formula is C18H23N5O6. The van der Waals surface area contributed by atoms with Gasteiger partial charge in [-0.25, -0.2) is 4.79 Å². The number of aromatic nitrogens is 1. The van der Waals surface area contributed by atoms with Crippen LogP contribution in [0.25, 0.3) is 10.9 Å². The minimum Gasteiger partial charge on any atom is -0.480 e. The molecule has 1 aromatic carbocycles. The van der Waals surface area contributed by atoms with Gasteiger partial charge >= 0.3 is 5.97 Å². The summed E-state index contributed by atoms with van der Waals surface area (Å²) in [5, 5.41) is 24.2. The summed E-state index contributed by atoms with van der Waals surface area (Å²) < 4.78 is 0. The molecule has 9 N–H and O–H groups in total. The molecule has 0 aliphatic rings. The van der Waals surface area contributed by atoms with Crippen molar-refractivity contribution in [2.45, 2.75) is 31.0 Å². The van der Waals surface area contributed by atoms with Crippen molar-refractivity contribution in [1.82, 2.24) is 15.6 Å². The number of aromatic amines is 1. The third kappa shape index (κ3) is 5.77. The molecule has 156 valence electrons. The van der Waals surface area contributed by atoms with Crippen molar-refractivity contribution in [1.29, 1.82) is 0 Å². The summed E-state index contributed by atoms with van der Waals surface area (Å²) in [6.45, 7) is -0.791. The van der Waals surface area contributed by atoms with Gasteiger partial charge < -0.3 is 37.3 Å². The van der Waals surface area contributed by atoms with Crippen molar-refractivity contribution in [2.75, 3.05) is 6.61 Å². The quantitative estimate of drug-likeness (QED) is 0.236. The molecule has 3 unspecified atom stereocenters. The van der Waals surface area contributed by atoms with Crippen molar-refractivity contribution in [2.24, 2.45) is 11.5 Å². The fraction of sp³-hybridized carbons (Fsp3) is 0.333. The number of benzene rings is 1. The molecule has 0 saturated heterocycles. The largest absolute Gasteiger partial charge is 0.480 e. The van der Waals surface area contributed by atoms with E-state index in [1.165, 1.54) is 0 Å². The molecular weight excluding hydrogens is 382 g/mol. The maximum Gasteiger partial charge on any atom is 0.326 e. The lowest BCUT2D eigenvalue weighted by molar-refractivity contribution is -0.142. The number of carboxylic acid groups (broad SMARTS) is 1. The highest BCUT2D eigenvalue weighted by Crippen LogP contribution is 2.19. The van der Waals surface area contributed by atoms with E-state index in [0.717, 1.165) is 10.9 Å². The third-order valence-corrected chi connectivity index (χ3v) is 4.29. The van der Waals surface area contributed by atoms with Crippen LogP contribution in [0.15, 0.2) is 30.5 Å². The molecule has 0 bridgehead atoms. The summed E-state index contributed by atoms with van der Waals surface area (Å²) >= 11 is 0. The minimum atomic E-state index is -1.44. The second kappa shape index (κ2) is 9.66. The van der Waals surface area contributed by atoms with Gasteiger partial charge in [-0.15, -0.1) is 0 Å². The summed E-state index contributed by atoms with van der Waals surface area (Å²) in [7, 11) is 0. The Morgan fingerprint density at radius 3 is 2.34 bits per heavy atom. The van der Waals surface area contributed by atoms with E-state index in [2.05, 4.69) is 15.6 Å². The minimum absolute atomic E-state index is 0.0155. The number of aliphatic hydroxyl groups excluding tert-OH is 1. The zero-order valence-electron chi connectivity index (χ0n) is 15.4. The van der Waals surface area contributed by atoms with Crippen LogP contribution in [-0.4, -0.2) is 63.6 Å². The lowest BCUT2D eigenvalue weighted by Gasteiger charge is -2.21. The van der Waals surface area contributed by atoms with Gasteiger partial charge in [-0.1, -0.05) is 18.2 Å². The molecule has 0 radical (unpaired) electrons. The average molecular weight is 405 g/mol. The van der Waals surface area contributed by atoms with E-state index in [9.17, 15) is 29.4 Å². The molecule has 3 amide bonds. The number of aliphatic hydroxyl groups is 1. The molecule has 0 aliphatic carbocycles. The van der Waals surface area contributed by atoms with Crippen molar-refractivity contribution in [3.05, 3.63) is 36.0 Å². The van der Waals surface area contributed by atoms with Gasteiger partial charge in [0, 0.05) is 23.5 Å². The number of carbonyl (C=O) groups excluding carboxylic acids is 3. The first-order chi connectivity index (χ1) is 13.7. The Hall–Kier alpha value is -3.44. The Morgan fingerprint density at radius 1 is 1.07 bits per heavy atom. The fourth-order valence-corrected chi connectivity index (χ4v) is 2.78. The van der Waals surface area contributed by atoms with Crippen LogP contribution in [0.4, 0.5) is 0 Å². The van der Waals surface area contributed by atoms with E-state index in [-0.39, 0.29) is 6.42 Å². The van der Waals surface area contributed by atoms with E-state index < -0.39 is 54.8 Å². The second-order valence-corrected chi connectivity index (χ2v) is 6.48. The zero-order valence-corrected chi connectivity index (χ0v) is 15.4. The Kier molecular flexibility index (Phi) is 7.28. The number of H-pyrrole nitrogens is 1. The Morgan fingerprint density at radius 2 is 1.72 bits per heavy atom. The van der Waals surface area contributed by atoms with Gasteiger partial charge in [0.1, 0.15) is 12.1 Å². The first kappa shape index (κ1) is 21.9. The third-order valence-electron chi connectivity index (χ3n) is 4.29. The Labute approximate surface area is 165 Å². The van der Waals surface area contributed by atoms with E-state index in [0.29, 0.717) is 5.56 Å². The molecule has 3 atom stereocenters. The summed E-state index contributed by atoms with van der Waals surface area (Å²) in [6.07, 6.45) is 1.20. The molecule has 2 rings (SSSR count). The number of hydrogen-bond acceptors (Lipinski definition) is 6. The van der Waals surface area contributed by atoms with Gasteiger partial charge in [0.25, 0.3) is 0 Å². The van der Waals surface area contributed by atoms with Crippen molar-refractivity contribution in [3.63, 3.8) is 0 Å². The number of primary amides is 1. The van der Waals surface area contributed by atoms with Crippen LogP contribution in [0, 0.1) is 0 Å². The van der Waals surface area contributed by atoms with Gasteiger partial charge in [0.15, 0.2) is 0 Å². The number of amides is 3. The number of carbonyl (C=O) groups is 4. The lowest BCUT2D eigenvalue weighted by atomic mass is 10.0. The van der Waals surface area contributed by atoms with Crippen LogP contribution in [0.5, 0.6) is 0 Å². The summed E-state index contributed by atoms with van der Waals surface area (Å²) in [5.74, 6) is -3.86. The summed E-state index contributed by atoms with van der Waals surface area (Å²) in [4.78, 5) is 49.8. The van der Waals surface area contributed by atoms with E-state index in [4.69, 9.17) is 11.5 Å². The zero-order chi connectivity index (χ0) is 21.6. The highest BCUT2D eigenvalue weighted by atomic mass is 16.4. The first-order valence-electron chi connectivity index (χ1n) is 8.76. The molecule has 0 aliphatic heterocycles. The number of nitrogens with one attached hydrogen (secondary N) is 3. The molecule has 1 aromatic heterocycles. The number of aliphatic carboxylic acids is 1. The molecule has 0 fully saturated rings. The number of carboxylic acids is 1. The van der Waals surface area contributed by atoms with Crippen LogP contribution in [0.1, 0.15) is 12.0 Å². The highest BCUT2D eigenvalue weighted by Gasteiger charge is 2.28. The van der Waals surface area contributed by atoms with Crippen LogP contribution < -0.4 is 22.1 Å². The Bertz CT molecular complexity index is 911. The van der Waals surface area contributed by atoms with Crippen LogP contribution in [-0.2, 0) is 25.6 Å². The van der Waals surface area contributed by atoms with E-state index >= 15 is 0 Å². The highest BCUT2D eigenvalue weighted by molar-refractivity contribution is 5.93. The van der Waals surface area contributed by atoms with Crippen LogP contribution in [0.2, 0.25) is 0 Å². The van der Waals surface area contributed by atoms with E-state index in [1.54, 1.807) is 12.3 Å². The van der Waals surface area contributed by atoms with Crippen LogP contribution >= 0.6 is 0 Å². The van der Waals surface area contributed by atoms with Gasteiger partial charge in [-0.3, -0.25) is 14.4 Å². The van der Waals surface area contributed by atoms with Gasteiger partial charge in [0.2, 0.25) is 17.7 Å². The average Bonchev–Trinajstić information content (AvgIpc) is 3.07.